The minimum atomic E-state index is -0.941. The van der Waals surface area contributed by atoms with Gasteiger partial charge in [0.1, 0.15) is 5.75 Å². The lowest BCUT2D eigenvalue weighted by Gasteiger charge is -2.11. The molecule has 3 aromatic carbocycles. The van der Waals surface area contributed by atoms with Gasteiger partial charge in [-0.2, -0.15) is 0 Å². The van der Waals surface area contributed by atoms with Gasteiger partial charge in [0.05, 0.1) is 6.61 Å². The van der Waals surface area contributed by atoms with Crippen LogP contribution in [0.1, 0.15) is 23.1 Å². The molecule has 1 atom stereocenters. The molecule has 0 amide bonds. The minimum absolute atomic E-state index is 0.367. The lowest BCUT2D eigenvalue weighted by molar-refractivity contribution is -0.148. The third kappa shape index (κ3) is 7.46. The summed E-state index contributed by atoms with van der Waals surface area (Å²) in [6.07, 6.45) is 1.38. The van der Waals surface area contributed by atoms with Crippen LogP contribution in [0.15, 0.2) is 78.9 Å². The minimum Gasteiger partial charge on any atom is -0.494 e. The van der Waals surface area contributed by atoms with E-state index in [2.05, 4.69) is 29.6 Å². The largest absolute Gasteiger partial charge is 0.494 e. The van der Waals surface area contributed by atoms with Crippen molar-refractivity contribution in [3.63, 3.8) is 0 Å². The molecular formula is C26H29NO4. The molecule has 31 heavy (non-hydrogen) atoms. The third-order valence-electron chi connectivity index (χ3n) is 5.08. The first-order chi connectivity index (χ1) is 15.1. The van der Waals surface area contributed by atoms with Crippen molar-refractivity contribution in [1.29, 1.82) is 0 Å². The highest BCUT2D eigenvalue weighted by Gasteiger charge is 2.16. The molecule has 0 aliphatic rings. The molecule has 0 bridgehead atoms. The van der Waals surface area contributed by atoms with E-state index >= 15 is 0 Å². The molecule has 0 saturated carbocycles. The quantitative estimate of drug-likeness (QED) is 0.407. The summed E-state index contributed by atoms with van der Waals surface area (Å²) < 4.78 is 10.8. The van der Waals surface area contributed by atoms with Crippen LogP contribution < -0.4 is 10.1 Å². The highest BCUT2D eigenvalue weighted by Crippen LogP contribution is 2.15. The number of rotatable bonds is 12. The van der Waals surface area contributed by atoms with E-state index < -0.39 is 12.1 Å². The molecule has 0 aliphatic carbocycles. The number of carboxylic acid groups (broad SMARTS) is 1. The summed E-state index contributed by atoms with van der Waals surface area (Å²) in [4.78, 5) is 11.1. The molecule has 162 valence electrons. The third-order valence-corrected chi connectivity index (χ3v) is 5.08. The van der Waals surface area contributed by atoms with Crippen LogP contribution >= 0.6 is 0 Å². The molecular weight excluding hydrogens is 390 g/mol. The van der Waals surface area contributed by atoms with Gasteiger partial charge in [0, 0.05) is 25.8 Å². The molecule has 3 aromatic rings. The zero-order valence-electron chi connectivity index (χ0n) is 17.8. The maximum Gasteiger partial charge on any atom is 0.333 e. The highest BCUT2D eigenvalue weighted by molar-refractivity contribution is 5.72. The number of methoxy groups -OCH3 is 1. The highest BCUT2D eigenvalue weighted by atomic mass is 16.5. The Bertz CT molecular complexity index is 924. The predicted octanol–water partition coefficient (Wildman–Crippen LogP) is 4.95. The van der Waals surface area contributed by atoms with Gasteiger partial charge in [-0.3, -0.25) is 0 Å². The van der Waals surface area contributed by atoms with E-state index in [1.54, 1.807) is 0 Å². The fraction of sp³-hybridized carbons (Fsp3) is 0.269. The average Bonchev–Trinajstić information content (AvgIpc) is 2.81. The van der Waals surface area contributed by atoms with Gasteiger partial charge < -0.3 is 19.9 Å². The zero-order chi connectivity index (χ0) is 21.9. The Balaban J connectivity index is 1.37. The van der Waals surface area contributed by atoms with Crippen LogP contribution in [-0.2, 0) is 28.9 Å². The Morgan fingerprint density at radius 1 is 0.903 bits per heavy atom. The van der Waals surface area contributed by atoms with Gasteiger partial charge in [-0.05, 0) is 53.8 Å². The number of hydrogen-bond donors (Lipinski definition) is 2. The van der Waals surface area contributed by atoms with Crippen molar-refractivity contribution in [2.45, 2.75) is 31.9 Å². The van der Waals surface area contributed by atoms with Crippen molar-refractivity contribution in [3.05, 3.63) is 95.6 Å². The Labute approximate surface area is 183 Å². The van der Waals surface area contributed by atoms with E-state index in [-0.39, 0.29) is 0 Å². The topological polar surface area (TPSA) is 67.8 Å². The number of ether oxygens (including phenoxy) is 2. The number of para-hydroxylation sites is 1. The van der Waals surface area contributed by atoms with Gasteiger partial charge in [0.25, 0.3) is 0 Å². The summed E-state index contributed by atoms with van der Waals surface area (Å²) in [6, 6.07) is 26.3. The van der Waals surface area contributed by atoms with Crippen LogP contribution in [-0.4, -0.2) is 30.9 Å². The van der Waals surface area contributed by atoms with Crippen molar-refractivity contribution in [2.24, 2.45) is 0 Å². The summed E-state index contributed by atoms with van der Waals surface area (Å²) in [7, 11) is 1.42. The van der Waals surface area contributed by atoms with E-state index in [1.165, 1.54) is 18.2 Å². The van der Waals surface area contributed by atoms with E-state index in [0.717, 1.165) is 36.4 Å². The van der Waals surface area contributed by atoms with Crippen molar-refractivity contribution < 1.29 is 19.4 Å². The molecule has 0 heterocycles. The first-order valence-corrected chi connectivity index (χ1v) is 10.5. The van der Waals surface area contributed by atoms with E-state index in [0.29, 0.717) is 13.0 Å². The molecule has 0 saturated heterocycles. The van der Waals surface area contributed by atoms with Crippen LogP contribution in [0.4, 0.5) is 5.69 Å². The Morgan fingerprint density at radius 3 is 2.19 bits per heavy atom. The molecule has 0 radical (unpaired) electrons. The van der Waals surface area contributed by atoms with Crippen molar-refractivity contribution >= 4 is 11.7 Å². The van der Waals surface area contributed by atoms with E-state index in [1.807, 2.05) is 54.6 Å². The second-order valence-corrected chi connectivity index (χ2v) is 7.40. The molecule has 0 aromatic heterocycles. The number of aliphatic carboxylic acids is 1. The Kier molecular flexibility index (Phi) is 8.49. The van der Waals surface area contributed by atoms with Crippen LogP contribution in [0.5, 0.6) is 5.75 Å². The first kappa shape index (κ1) is 22.4. The maximum atomic E-state index is 11.1. The van der Waals surface area contributed by atoms with E-state index in [9.17, 15) is 4.79 Å². The monoisotopic (exact) mass is 419 g/mol. The number of anilines is 1. The first-order valence-electron chi connectivity index (χ1n) is 10.5. The van der Waals surface area contributed by atoms with Crippen LogP contribution in [0.2, 0.25) is 0 Å². The number of carbonyl (C=O) groups is 1. The molecule has 5 nitrogen and oxygen atoms in total. The second kappa shape index (κ2) is 11.8. The van der Waals surface area contributed by atoms with Gasteiger partial charge >= 0.3 is 5.97 Å². The summed E-state index contributed by atoms with van der Waals surface area (Å²) in [6.45, 7) is 1.42. The number of benzene rings is 3. The van der Waals surface area contributed by atoms with Gasteiger partial charge in [-0.15, -0.1) is 0 Å². The van der Waals surface area contributed by atoms with Crippen LogP contribution in [0, 0.1) is 0 Å². The molecule has 0 fully saturated rings. The maximum absolute atomic E-state index is 11.1. The normalized spacial score (nSPS) is 11.6. The number of aryl methyl sites for hydroxylation is 1. The molecule has 0 spiro atoms. The molecule has 0 aliphatic heterocycles. The number of hydrogen-bond acceptors (Lipinski definition) is 4. The van der Waals surface area contributed by atoms with Gasteiger partial charge in [0.15, 0.2) is 6.10 Å². The van der Waals surface area contributed by atoms with Gasteiger partial charge in [0.2, 0.25) is 0 Å². The number of carboxylic acids is 1. The predicted molar refractivity (Wildman–Crippen MR) is 123 cm³/mol. The average molecular weight is 420 g/mol. The fourth-order valence-electron chi connectivity index (χ4n) is 3.26. The van der Waals surface area contributed by atoms with Gasteiger partial charge in [-0.25, -0.2) is 4.79 Å². The smallest absolute Gasteiger partial charge is 0.333 e. The number of nitrogens with one attached hydrogen (secondary N) is 1. The Hall–Kier alpha value is -3.31. The summed E-state index contributed by atoms with van der Waals surface area (Å²) in [5, 5.41) is 12.5. The van der Waals surface area contributed by atoms with Crippen LogP contribution in [0.3, 0.4) is 0 Å². The van der Waals surface area contributed by atoms with Crippen LogP contribution in [0.25, 0.3) is 0 Å². The van der Waals surface area contributed by atoms with E-state index in [4.69, 9.17) is 14.6 Å². The van der Waals surface area contributed by atoms with Crippen molar-refractivity contribution in [2.75, 3.05) is 19.0 Å². The lowest BCUT2D eigenvalue weighted by atomic mass is 10.0. The molecule has 5 heteroatoms. The summed E-state index contributed by atoms with van der Waals surface area (Å²) >= 11 is 0. The zero-order valence-corrected chi connectivity index (χ0v) is 17.8. The fourth-order valence-corrected chi connectivity index (χ4v) is 3.26. The summed E-state index contributed by atoms with van der Waals surface area (Å²) in [5.41, 5.74) is 4.47. The summed E-state index contributed by atoms with van der Waals surface area (Å²) in [5.74, 6) is -0.0673. The second-order valence-electron chi connectivity index (χ2n) is 7.40. The van der Waals surface area contributed by atoms with Crippen molar-refractivity contribution in [1.82, 2.24) is 0 Å². The standard InChI is InChI=1S/C26H29NO4/c1-30-25(26(28)29)18-21-11-9-20(10-12-21)6-5-17-31-24-15-13-22(14-16-24)19-27-23-7-3-2-4-8-23/h2-4,7-16,25,27H,5-6,17-19H2,1H3,(H,28,29)/t25-/m0/s1. The molecule has 0 unspecified atom stereocenters. The lowest BCUT2D eigenvalue weighted by Crippen LogP contribution is -2.24. The molecule has 2 N–H and O–H groups in total. The SMILES string of the molecule is CO[C@@H](Cc1ccc(CCCOc2ccc(CNc3ccccc3)cc2)cc1)C(=O)O. The van der Waals surface area contributed by atoms with Crippen molar-refractivity contribution in [3.8, 4) is 5.75 Å². The van der Waals surface area contributed by atoms with Gasteiger partial charge in [-0.1, -0.05) is 54.6 Å². The Morgan fingerprint density at radius 2 is 1.55 bits per heavy atom. The molecule has 3 rings (SSSR count).